The minimum atomic E-state index is -0.232. The molecule has 0 N–H and O–H groups in total. The van der Waals surface area contributed by atoms with E-state index in [1.165, 1.54) is 11.8 Å². The fourth-order valence-electron chi connectivity index (χ4n) is 0.628. The number of cyclic esters (lactones) is 1. The average molecular weight is 153 g/mol. The molecule has 0 radical (unpaired) electrons. The Bertz CT molecular complexity index is 122. The van der Waals surface area contributed by atoms with E-state index in [1.54, 1.807) is 10.8 Å². The molecule has 0 aromatic carbocycles. The van der Waals surface area contributed by atoms with Crippen LogP contribution in [-0.2, 0) is 4.74 Å². The standard InChI is InChI=1S/C5H8NO2S.Li/c1-9-4-6-2-3-8-5(6)7;/h4H,2-3H2,1H3;/q-1;+1. The van der Waals surface area contributed by atoms with Crippen LogP contribution in [0.15, 0.2) is 0 Å². The van der Waals surface area contributed by atoms with Gasteiger partial charge in [0.15, 0.2) is 0 Å². The second-order valence-electron chi connectivity index (χ2n) is 1.65. The van der Waals surface area contributed by atoms with Crippen molar-refractivity contribution < 1.29 is 28.4 Å². The minimum Gasteiger partial charge on any atom is -0.449 e. The van der Waals surface area contributed by atoms with Crippen molar-refractivity contribution in [2.75, 3.05) is 19.4 Å². The van der Waals surface area contributed by atoms with Crippen LogP contribution >= 0.6 is 11.8 Å². The Morgan fingerprint density at radius 2 is 2.50 bits per heavy atom. The Labute approximate surface area is 76.6 Å². The third-order valence-corrected chi connectivity index (χ3v) is 1.49. The monoisotopic (exact) mass is 153 g/mol. The molecule has 0 saturated carbocycles. The number of hydrogen-bond acceptors (Lipinski definition) is 3. The van der Waals surface area contributed by atoms with Gasteiger partial charge in [0.2, 0.25) is 0 Å². The Kier molecular flexibility index (Phi) is 5.05. The van der Waals surface area contributed by atoms with Crippen LogP contribution in [0.25, 0.3) is 0 Å². The zero-order valence-electron chi connectivity index (χ0n) is 6.16. The van der Waals surface area contributed by atoms with E-state index >= 15 is 0 Å². The predicted molar refractivity (Wildman–Crippen MR) is 35.9 cm³/mol. The second kappa shape index (κ2) is 4.95. The van der Waals surface area contributed by atoms with Gasteiger partial charge in [-0.05, 0) is 6.26 Å². The van der Waals surface area contributed by atoms with Gasteiger partial charge in [-0.3, -0.25) is 0 Å². The van der Waals surface area contributed by atoms with Crippen molar-refractivity contribution in [3.8, 4) is 0 Å². The molecule has 1 aliphatic heterocycles. The summed E-state index contributed by atoms with van der Waals surface area (Å²) < 4.78 is 4.66. The summed E-state index contributed by atoms with van der Waals surface area (Å²) in [6.45, 7) is 1.22. The quantitative estimate of drug-likeness (QED) is 0.337. The molecule has 1 amide bonds. The van der Waals surface area contributed by atoms with Crippen molar-refractivity contribution >= 4 is 17.9 Å². The van der Waals surface area contributed by atoms with E-state index in [4.69, 9.17) is 0 Å². The summed E-state index contributed by atoms with van der Waals surface area (Å²) >= 11 is 1.50. The topological polar surface area (TPSA) is 29.5 Å². The molecule has 0 aliphatic carbocycles. The Hall–Kier alpha value is 0.217. The smallest absolute Gasteiger partial charge is 0.449 e. The first-order valence-electron chi connectivity index (χ1n) is 2.64. The second-order valence-corrected chi connectivity index (χ2v) is 2.33. The first-order chi connectivity index (χ1) is 4.34. The summed E-state index contributed by atoms with van der Waals surface area (Å²) in [5, 5.41) is 0. The number of ether oxygens (including phenoxy) is 1. The summed E-state index contributed by atoms with van der Waals surface area (Å²) in [5.41, 5.74) is 0. The van der Waals surface area contributed by atoms with Gasteiger partial charge in [-0.25, -0.2) is 4.79 Å². The predicted octanol–water partition coefficient (Wildman–Crippen LogP) is -2.08. The molecule has 0 unspecified atom stereocenters. The molecule has 0 spiro atoms. The Balaban J connectivity index is 0.000000810. The van der Waals surface area contributed by atoms with Gasteiger partial charge in [0.25, 0.3) is 0 Å². The van der Waals surface area contributed by atoms with Crippen LogP contribution in [0, 0.1) is 5.88 Å². The molecule has 1 rings (SSSR count). The summed E-state index contributed by atoms with van der Waals surface area (Å²) in [6, 6.07) is 0. The molecule has 0 atom stereocenters. The van der Waals surface area contributed by atoms with Gasteiger partial charge in [-0.15, -0.1) is 0 Å². The van der Waals surface area contributed by atoms with Crippen molar-refractivity contribution in [2.24, 2.45) is 0 Å². The van der Waals surface area contributed by atoms with Crippen LogP contribution in [0.5, 0.6) is 0 Å². The summed E-state index contributed by atoms with van der Waals surface area (Å²) in [5.74, 6) is 1.76. The van der Waals surface area contributed by atoms with Crippen LogP contribution in [0.3, 0.4) is 0 Å². The van der Waals surface area contributed by atoms with Gasteiger partial charge in [0.1, 0.15) is 6.61 Å². The molecule has 5 heteroatoms. The molecule has 1 heterocycles. The molecular formula is C5H8LiNO2S. The molecule has 0 bridgehead atoms. The van der Waals surface area contributed by atoms with Gasteiger partial charge in [0.05, 0.1) is 0 Å². The molecule has 10 heavy (non-hydrogen) atoms. The van der Waals surface area contributed by atoms with E-state index in [0.29, 0.717) is 13.2 Å². The maximum atomic E-state index is 10.6. The molecule has 0 aromatic rings. The first-order valence-corrected chi connectivity index (χ1v) is 3.93. The summed E-state index contributed by atoms with van der Waals surface area (Å²) in [4.78, 5) is 12.2. The molecule has 1 aliphatic rings. The summed E-state index contributed by atoms with van der Waals surface area (Å²) in [6.07, 6.45) is 1.68. The maximum Gasteiger partial charge on any atom is 1.00 e. The van der Waals surface area contributed by atoms with Crippen molar-refractivity contribution in [2.45, 2.75) is 0 Å². The number of thioether (sulfide) groups is 1. The van der Waals surface area contributed by atoms with E-state index in [-0.39, 0.29) is 25.0 Å². The van der Waals surface area contributed by atoms with E-state index in [2.05, 4.69) is 4.74 Å². The zero-order chi connectivity index (χ0) is 6.69. The molecule has 1 fully saturated rings. The number of carbonyl (C=O) groups is 1. The molecule has 1 saturated heterocycles. The molecule has 3 nitrogen and oxygen atoms in total. The molecule has 0 aromatic heterocycles. The average Bonchev–Trinajstić information content (AvgIpc) is 2.18. The van der Waals surface area contributed by atoms with Crippen LogP contribution in [0.2, 0.25) is 0 Å². The Morgan fingerprint density at radius 3 is 2.90 bits per heavy atom. The van der Waals surface area contributed by atoms with Crippen molar-refractivity contribution in [3.05, 3.63) is 5.88 Å². The van der Waals surface area contributed by atoms with E-state index in [1.807, 2.05) is 6.26 Å². The Morgan fingerprint density at radius 1 is 1.80 bits per heavy atom. The van der Waals surface area contributed by atoms with Gasteiger partial charge < -0.3 is 21.4 Å². The SMILES string of the molecule is CS[CH-]N1CCOC1=O.[Li+]. The van der Waals surface area contributed by atoms with Crippen LogP contribution in [0.1, 0.15) is 0 Å². The maximum absolute atomic E-state index is 10.6. The first kappa shape index (κ1) is 10.2. The third-order valence-electron chi connectivity index (χ3n) is 1.02. The number of hydrogen-bond donors (Lipinski definition) is 0. The number of amides is 1. The fourth-order valence-corrected chi connectivity index (χ4v) is 1.07. The van der Waals surface area contributed by atoms with Crippen molar-refractivity contribution in [1.82, 2.24) is 4.90 Å². The number of rotatable bonds is 2. The fraction of sp³-hybridized carbons (Fsp3) is 0.600. The van der Waals surface area contributed by atoms with Crippen molar-refractivity contribution in [1.29, 1.82) is 0 Å². The zero-order valence-corrected chi connectivity index (χ0v) is 6.98. The van der Waals surface area contributed by atoms with Crippen LogP contribution < -0.4 is 18.9 Å². The minimum absolute atomic E-state index is 0. The number of carbonyl (C=O) groups excluding carboxylic acids is 1. The molecular weight excluding hydrogens is 145 g/mol. The van der Waals surface area contributed by atoms with Crippen LogP contribution in [-0.4, -0.2) is 30.4 Å². The van der Waals surface area contributed by atoms with Gasteiger partial charge in [-0.2, -0.15) is 5.88 Å². The number of nitrogens with zero attached hydrogens (tertiary/aromatic N) is 1. The normalized spacial score (nSPS) is 16.5. The summed E-state index contributed by atoms with van der Waals surface area (Å²) in [7, 11) is 0. The van der Waals surface area contributed by atoms with Gasteiger partial charge in [-0.1, -0.05) is 0 Å². The van der Waals surface area contributed by atoms with E-state index < -0.39 is 0 Å². The van der Waals surface area contributed by atoms with Crippen molar-refractivity contribution in [3.63, 3.8) is 0 Å². The van der Waals surface area contributed by atoms with E-state index in [0.717, 1.165) is 0 Å². The van der Waals surface area contributed by atoms with Crippen LogP contribution in [0.4, 0.5) is 4.79 Å². The van der Waals surface area contributed by atoms with Gasteiger partial charge >= 0.3 is 25.0 Å². The van der Waals surface area contributed by atoms with E-state index in [9.17, 15) is 4.79 Å². The largest absolute Gasteiger partial charge is 1.00 e. The van der Waals surface area contributed by atoms with Gasteiger partial charge in [0, 0.05) is 6.54 Å². The molecule has 52 valence electrons. The third kappa shape index (κ3) is 2.45.